The van der Waals surface area contributed by atoms with Crippen LogP contribution in [0.2, 0.25) is 0 Å². The van der Waals surface area contributed by atoms with Crippen LogP contribution >= 0.6 is 15.9 Å². The van der Waals surface area contributed by atoms with E-state index in [9.17, 15) is 0 Å². The van der Waals surface area contributed by atoms with Gasteiger partial charge in [-0.25, -0.2) is 0 Å². The number of nitrogens with two attached hydrogens (primary N) is 1. The van der Waals surface area contributed by atoms with Gasteiger partial charge in [0.25, 0.3) is 0 Å². The van der Waals surface area contributed by atoms with Crippen molar-refractivity contribution in [3.8, 4) is 5.75 Å². The number of aryl methyl sites for hydroxylation is 1. The summed E-state index contributed by atoms with van der Waals surface area (Å²) in [5.74, 6) is 1.48. The third kappa shape index (κ3) is 2.53. The van der Waals surface area contributed by atoms with Gasteiger partial charge in [0.1, 0.15) is 11.5 Å². The maximum Gasteiger partial charge on any atom is 0.169 e. The molecule has 0 saturated heterocycles. The van der Waals surface area contributed by atoms with Gasteiger partial charge in [0.2, 0.25) is 0 Å². The lowest BCUT2D eigenvalue weighted by molar-refractivity contribution is 0.401. The molecule has 4 heteroatoms. The molecule has 0 spiro atoms. The summed E-state index contributed by atoms with van der Waals surface area (Å²) in [4.78, 5) is 0. The van der Waals surface area contributed by atoms with Crippen LogP contribution in [0.3, 0.4) is 0 Å². The molecule has 1 heterocycles. The van der Waals surface area contributed by atoms with Gasteiger partial charge in [-0.05, 0) is 41.1 Å². The van der Waals surface area contributed by atoms with E-state index in [4.69, 9.17) is 14.9 Å². The van der Waals surface area contributed by atoms with Crippen molar-refractivity contribution in [3.05, 3.63) is 51.9 Å². The Kier molecular flexibility index (Phi) is 3.54. The zero-order valence-electron chi connectivity index (χ0n) is 9.74. The van der Waals surface area contributed by atoms with Crippen LogP contribution in [0.4, 0.5) is 0 Å². The van der Waals surface area contributed by atoms with E-state index in [2.05, 4.69) is 15.9 Å². The minimum atomic E-state index is -0.323. The normalized spacial score (nSPS) is 12.5. The average molecular weight is 296 g/mol. The minimum Gasteiger partial charge on any atom is -0.496 e. The van der Waals surface area contributed by atoms with Crippen molar-refractivity contribution in [2.45, 2.75) is 13.0 Å². The topological polar surface area (TPSA) is 48.4 Å². The third-order valence-corrected chi connectivity index (χ3v) is 3.05. The highest BCUT2D eigenvalue weighted by Gasteiger charge is 2.17. The van der Waals surface area contributed by atoms with Gasteiger partial charge in [-0.2, -0.15) is 0 Å². The number of methoxy groups -OCH3 is 1. The molecule has 1 aromatic carbocycles. The molecule has 1 aromatic heterocycles. The molecule has 0 amide bonds. The summed E-state index contributed by atoms with van der Waals surface area (Å²) < 4.78 is 11.5. The molecule has 0 aliphatic rings. The average Bonchev–Trinajstić information content (AvgIpc) is 2.75. The maximum atomic E-state index is 6.18. The summed E-state index contributed by atoms with van der Waals surface area (Å²) in [5, 5.41) is 0. The molecule has 3 nitrogen and oxygen atoms in total. The molecule has 2 rings (SSSR count). The summed E-state index contributed by atoms with van der Waals surface area (Å²) in [5.41, 5.74) is 8.25. The van der Waals surface area contributed by atoms with Crippen LogP contribution in [0, 0.1) is 6.92 Å². The Bertz CT molecular complexity index is 522. The largest absolute Gasteiger partial charge is 0.496 e. The van der Waals surface area contributed by atoms with Crippen molar-refractivity contribution in [2.75, 3.05) is 7.11 Å². The van der Waals surface area contributed by atoms with Gasteiger partial charge in [0.15, 0.2) is 4.67 Å². The van der Waals surface area contributed by atoms with Gasteiger partial charge in [-0.3, -0.25) is 0 Å². The molecule has 0 aliphatic carbocycles. The van der Waals surface area contributed by atoms with Gasteiger partial charge in [-0.1, -0.05) is 17.7 Å². The summed E-state index contributed by atoms with van der Waals surface area (Å²) in [6.07, 6.45) is 0. The number of rotatable bonds is 3. The molecule has 0 saturated carbocycles. The molecule has 17 heavy (non-hydrogen) atoms. The van der Waals surface area contributed by atoms with E-state index < -0.39 is 0 Å². The lowest BCUT2D eigenvalue weighted by Gasteiger charge is -2.14. The second-order valence-electron chi connectivity index (χ2n) is 3.86. The van der Waals surface area contributed by atoms with E-state index >= 15 is 0 Å². The Morgan fingerprint density at radius 3 is 2.65 bits per heavy atom. The minimum absolute atomic E-state index is 0.323. The molecular formula is C13H14BrNO2. The standard InChI is InChI=1S/C13H14BrNO2/c1-8-3-4-10(16-2)9(7-8)13(15)11-5-6-12(14)17-11/h3-7,13H,15H2,1-2H3. The number of furan rings is 1. The molecule has 0 fully saturated rings. The first-order chi connectivity index (χ1) is 8.11. The predicted octanol–water partition coefficient (Wildman–Crippen LogP) is 3.41. The monoisotopic (exact) mass is 295 g/mol. The van der Waals surface area contributed by atoms with Crippen LogP contribution in [-0.4, -0.2) is 7.11 Å². The number of hydrogen-bond acceptors (Lipinski definition) is 3. The molecule has 2 N–H and O–H groups in total. The Morgan fingerprint density at radius 2 is 2.06 bits per heavy atom. The van der Waals surface area contributed by atoms with Crippen LogP contribution in [0.1, 0.15) is 22.9 Å². The van der Waals surface area contributed by atoms with Crippen LogP contribution in [0.15, 0.2) is 39.4 Å². The highest BCUT2D eigenvalue weighted by molar-refractivity contribution is 9.10. The first-order valence-corrected chi connectivity index (χ1v) is 6.06. The van der Waals surface area contributed by atoms with Crippen LogP contribution in [0.25, 0.3) is 0 Å². The highest BCUT2D eigenvalue weighted by Crippen LogP contribution is 2.30. The van der Waals surface area contributed by atoms with E-state index in [0.29, 0.717) is 10.4 Å². The molecular weight excluding hydrogens is 282 g/mol. The molecule has 0 bridgehead atoms. The molecule has 90 valence electrons. The van der Waals surface area contributed by atoms with Crippen molar-refractivity contribution in [1.29, 1.82) is 0 Å². The fourth-order valence-electron chi connectivity index (χ4n) is 1.75. The number of ether oxygens (including phenoxy) is 1. The van der Waals surface area contributed by atoms with E-state index in [1.165, 1.54) is 0 Å². The van der Waals surface area contributed by atoms with Gasteiger partial charge >= 0.3 is 0 Å². The van der Waals surface area contributed by atoms with Crippen molar-refractivity contribution in [3.63, 3.8) is 0 Å². The first kappa shape index (κ1) is 12.2. The number of benzene rings is 1. The fourth-order valence-corrected chi connectivity index (χ4v) is 2.06. The zero-order chi connectivity index (χ0) is 12.4. The van der Waals surface area contributed by atoms with E-state index in [0.717, 1.165) is 16.9 Å². The molecule has 0 radical (unpaired) electrons. The van der Waals surface area contributed by atoms with Crippen molar-refractivity contribution >= 4 is 15.9 Å². The van der Waals surface area contributed by atoms with Gasteiger partial charge in [0.05, 0.1) is 13.2 Å². The van der Waals surface area contributed by atoms with Gasteiger partial charge < -0.3 is 14.9 Å². The number of halogens is 1. The van der Waals surface area contributed by atoms with Crippen LogP contribution in [0.5, 0.6) is 5.75 Å². The zero-order valence-corrected chi connectivity index (χ0v) is 11.3. The Labute approximate surface area is 109 Å². The maximum absolute atomic E-state index is 6.18. The Balaban J connectivity index is 2.42. The summed E-state index contributed by atoms with van der Waals surface area (Å²) in [6.45, 7) is 2.02. The molecule has 0 aliphatic heterocycles. The molecule has 2 aromatic rings. The fraction of sp³-hybridized carbons (Fsp3) is 0.231. The quantitative estimate of drug-likeness (QED) is 0.944. The molecule has 1 unspecified atom stereocenters. The van der Waals surface area contributed by atoms with Crippen molar-refractivity contribution < 1.29 is 9.15 Å². The SMILES string of the molecule is COc1ccc(C)cc1C(N)c1ccc(Br)o1. The van der Waals surface area contributed by atoms with Crippen LogP contribution in [-0.2, 0) is 0 Å². The third-order valence-electron chi connectivity index (χ3n) is 2.62. The Morgan fingerprint density at radius 1 is 1.29 bits per heavy atom. The van der Waals surface area contributed by atoms with Gasteiger partial charge in [0, 0.05) is 5.56 Å². The van der Waals surface area contributed by atoms with Crippen molar-refractivity contribution in [2.24, 2.45) is 5.73 Å². The summed E-state index contributed by atoms with van der Waals surface area (Å²) >= 11 is 3.27. The summed E-state index contributed by atoms with van der Waals surface area (Å²) in [6, 6.07) is 9.29. The van der Waals surface area contributed by atoms with Gasteiger partial charge in [-0.15, -0.1) is 0 Å². The van der Waals surface area contributed by atoms with E-state index in [-0.39, 0.29) is 6.04 Å². The predicted molar refractivity (Wildman–Crippen MR) is 70.2 cm³/mol. The lowest BCUT2D eigenvalue weighted by atomic mass is 10.0. The number of hydrogen-bond donors (Lipinski definition) is 1. The smallest absolute Gasteiger partial charge is 0.169 e. The van der Waals surface area contributed by atoms with Crippen molar-refractivity contribution in [1.82, 2.24) is 0 Å². The second-order valence-corrected chi connectivity index (χ2v) is 4.65. The molecule has 1 atom stereocenters. The van der Waals surface area contributed by atoms with E-state index in [1.807, 2.05) is 37.3 Å². The first-order valence-electron chi connectivity index (χ1n) is 5.27. The summed E-state index contributed by atoms with van der Waals surface area (Å²) in [7, 11) is 1.64. The second kappa shape index (κ2) is 4.94. The Hall–Kier alpha value is -1.26. The van der Waals surface area contributed by atoms with Crippen LogP contribution < -0.4 is 10.5 Å². The lowest BCUT2D eigenvalue weighted by Crippen LogP contribution is -2.12. The van der Waals surface area contributed by atoms with E-state index in [1.54, 1.807) is 7.11 Å². The highest BCUT2D eigenvalue weighted by atomic mass is 79.9.